The van der Waals surface area contributed by atoms with E-state index in [4.69, 9.17) is 22.9 Å². The molecule has 0 bridgehead atoms. The number of nitrogens with zero attached hydrogens (tertiary/aromatic N) is 3. The van der Waals surface area contributed by atoms with Crippen LogP contribution < -0.4 is 9.47 Å². The Morgan fingerprint density at radius 2 is 1.81 bits per heavy atom. The van der Waals surface area contributed by atoms with Gasteiger partial charge < -0.3 is 19.5 Å². The number of hydrogen-bond acceptors (Lipinski definition) is 8. The molecule has 0 aliphatic carbocycles. The molecule has 0 unspecified atom stereocenters. The molecule has 2 saturated heterocycles. The Kier molecular flexibility index (Phi) is 7.18. The van der Waals surface area contributed by atoms with E-state index in [0.717, 1.165) is 12.0 Å². The van der Waals surface area contributed by atoms with Crippen molar-refractivity contribution >= 4 is 17.5 Å². The summed E-state index contributed by atoms with van der Waals surface area (Å²) in [7, 11) is 0. The lowest BCUT2D eigenvalue weighted by Crippen LogP contribution is -2.41. The minimum atomic E-state index is -1.62. The summed E-state index contributed by atoms with van der Waals surface area (Å²) in [5, 5.41) is 9.07. The smallest absolute Gasteiger partial charge is 0.407 e. The van der Waals surface area contributed by atoms with Crippen molar-refractivity contribution in [2.24, 2.45) is 5.92 Å². The minimum absolute atomic E-state index is 0.100. The fraction of sp³-hybridized carbons (Fsp3) is 0.476. The van der Waals surface area contributed by atoms with Crippen molar-refractivity contribution in [3.05, 3.63) is 41.7 Å². The molecule has 2 aliphatic heterocycles. The van der Waals surface area contributed by atoms with Crippen molar-refractivity contribution in [3.8, 4) is 17.5 Å². The fourth-order valence-electron chi connectivity index (χ4n) is 3.61. The molecule has 3 heterocycles. The molecule has 1 aromatic carbocycles. The summed E-state index contributed by atoms with van der Waals surface area (Å²) >= 11 is -1.62. The number of ether oxygens (including phenoxy) is 2. The van der Waals surface area contributed by atoms with Crippen molar-refractivity contribution in [1.82, 2.24) is 14.9 Å². The molecule has 11 heteroatoms. The first kappa shape index (κ1) is 22.4. The number of piperidine rings is 1. The first-order valence-electron chi connectivity index (χ1n) is 10.4. The molecule has 0 radical (unpaired) electrons. The van der Waals surface area contributed by atoms with Gasteiger partial charge in [0.15, 0.2) is 0 Å². The maximum Gasteiger partial charge on any atom is 0.407 e. The van der Waals surface area contributed by atoms with E-state index in [-0.39, 0.29) is 12.0 Å². The summed E-state index contributed by atoms with van der Waals surface area (Å²) in [6, 6.07) is 7.65. The van der Waals surface area contributed by atoms with Crippen molar-refractivity contribution in [2.75, 3.05) is 26.3 Å². The average Bonchev–Trinajstić information content (AvgIpc) is 2.80. The van der Waals surface area contributed by atoms with Crippen molar-refractivity contribution < 1.29 is 31.9 Å². The highest BCUT2D eigenvalue weighted by Gasteiger charge is 2.25. The van der Waals surface area contributed by atoms with E-state index in [1.807, 2.05) is 31.2 Å². The second kappa shape index (κ2) is 10.2. The van der Waals surface area contributed by atoms with Gasteiger partial charge in [-0.15, -0.1) is 0 Å². The summed E-state index contributed by atoms with van der Waals surface area (Å²) in [6.07, 6.45) is 2.37. The Hall–Kier alpha value is -2.76. The second-order valence-corrected chi connectivity index (χ2v) is 8.66. The van der Waals surface area contributed by atoms with Crippen LogP contribution in [-0.4, -0.2) is 62.7 Å². The molecule has 2 aliphatic rings. The number of hydrogen-bond donors (Lipinski definition) is 1. The van der Waals surface area contributed by atoms with Gasteiger partial charge in [-0.3, -0.25) is 8.37 Å². The predicted octanol–water partition coefficient (Wildman–Crippen LogP) is 2.88. The van der Waals surface area contributed by atoms with Crippen LogP contribution >= 0.6 is 0 Å². The Balaban J connectivity index is 1.34. The highest BCUT2D eigenvalue weighted by atomic mass is 32.2. The van der Waals surface area contributed by atoms with Gasteiger partial charge in [0.25, 0.3) is 0 Å². The van der Waals surface area contributed by atoms with Gasteiger partial charge in [-0.05, 0) is 31.0 Å². The van der Waals surface area contributed by atoms with Crippen LogP contribution in [0.25, 0.3) is 0 Å². The first-order valence-corrected chi connectivity index (χ1v) is 11.4. The number of carboxylic acid groups (broad SMARTS) is 1. The van der Waals surface area contributed by atoms with Gasteiger partial charge in [0.2, 0.25) is 11.8 Å². The van der Waals surface area contributed by atoms with Gasteiger partial charge >= 0.3 is 17.5 Å². The molecule has 0 spiro atoms. The average molecular weight is 464 g/mol. The minimum Gasteiger partial charge on any atom is -0.474 e. The van der Waals surface area contributed by atoms with Crippen LogP contribution in [0.3, 0.4) is 0 Å². The van der Waals surface area contributed by atoms with E-state index in [0.29, 0.717) is 62.2 Å². The van der Waals surface area contributed by atoms with Crippen LogP contribution in [0.15, 0.2) is 30.6 Å². The molecular weight excluding hydrogens is 438 g/mol. The molecule has 1 N–H and O–H groups in total. The summed E-state index contributed by atoms with van der Waals surface area (Å²) < 4.78 is 33.1. The van der Waals surface area contributed by atoms with Crippen LogP contribution in [0.4, 0.5) is 4.79 Å². The van der Waals surface area contributed by atoms with Gasteiger partial charge in [-0.1, -0.05) is 12.1 Å². The highest BCUT2D eigenvalue weighted by Crippen LogP contribution is 2.29. The lowest BCUT2D eigenvalue weighted by Gasteiger charge is -2.30. The highest BCUT2D eigenvalue weighted by molar-refractivity contribution is 7.75. The van der Waals surface area contributed by atoms with Gasteiger partial charge in [0.05, 0.1) is 18.8 Å². The van der Waals surface area contributed by atoms with E-state index in [2.05, 4.69) is 9.97 Å². The molecule has 1 amide bonds. The molecule has 10 nitrogen and oxygen atoms in total. The van der Waals surface area contributed by atoms with Crippen molar-refractivity contribution in [1.29, 1.82) is 0 Å². The molecule has 32 heavy (non-hydrogen) atoms. The summed E-state index contributed by atoms with van der Waals surface area (Å²) in [4.78, 5) is 20.9. The van der Waals surface area contributed by atoms with Crippen LogP contribution in [0.1, 0.15) is 24.0 Å². The van der Waals surface area contributed by atoms with E-state index in [1.165, 1.54) is 11.2 Å². The number of rotatable bonds is 6. The fourth-order valence-corrected chi connectivity index (χ4v) is 4.28. The van der Waals surface area contributed by atoms with E-state index in [1.54, 1.807) is 0 Å². The standard InChI is InChI=1S/C21H25N3O7S/c1-14-19(22-13-23-20(14)31-18-6-8-24(9-7-18)21(25)26)30-17-4-2-15(3-5-17)10-16-11-28-32(27)29-12-16/h2-5,13,16,18H,6-12H2,1H3,(H,25,26). The topological polar surface area (TPSA) is 120 Å². The van der Waals surface area contributed by atoms with Crippen LogP contribution in [0, 0.1) is 12.8 Å². The van der Waals surface area contributed by atoms with Gasteiger partial charge in [0.1, 0.15) is 18.2 Å². The second-order valence-electron chi connectivity index (χ2n) is 7.79. The molecule has 2 fully saturated rings. The number of aromatic nitrogens is 2. The number of amides is 1. The van der Waals surface area contributed by atoms with Crippen LogP contribution in [-0.2, 0) is 26.1 Å². The summed E-state index contributed by atoms with van der Waals surface area (Å²) in [5.41, 5.74) is 1.78. The van der Waals surface area contributed by atoms with Gasteiger partial charge in [0, 0.05) is 31.8 Å². The molecule has 172 valence electrons. The van der Waals surface area contributed by atoms with Crippen LogP contribution in [0.5, 0.6) is 17.5 Å². The third-order valence-electron chi connectivity index (χ3n) is 5.44. The Labute approximate surface area is 188 Å². The molecule has 4 rings (SSSR count). The lowest BCUT2D eigenvalue weighted by atomic mass is 10.0. The third-order valence-corrected chi connectivity index (χ3v) is 6.10. The van der Waals surface area contributed by atoms with E-state index < -0.39 is 17.5 Å². The normalized spacial score (nSPS) is 21.8. The molecule has 1 aromatic heterocycles. The summed E-state index contributed by atoms with van der Waals surface area (Å²) in [5.74, 6) is 1.64. The molecule has 0 saturated carbocycles. The molecule has 0 atom stereocenters. The lowest BCUT2D eigenvalue weighted by molar-refractivity contribution is 0.0864. The number of likely N-dealkylation sites (tertiary alicyclic amines) is 1. The molecular formula is C21H25N3O7S. The van der Waals surface area contributed by atoms with Gasteiger partial charge in [-0.2, -0.15) is 4.21 Å². The molecule has 2 aromatic rings. The Bertz CT molecular complexity index is 954. The first-order chi connectivity index (χ1) is 15.5. The van der Waals surface area contributed by atoms with Gasteiger partial charge in [-0.25, -0.2) is 14.8 Å². The Morgan fingerprint density at radius 3 is 2.47 bits per heavy atom. The zero-order valence-corrected chi connectivity index (χ0v) is 18.5. The zero-order chi connectivity index (χ0) is 22.5. The predicted molar refractivity (Wildman–Crippen MR) is 114 cm³/mol. The van der Waals surface area contributed by atoms with E-state index in [9.17, 15) is 9.00 Å². The zero-order valence-electron chi connectivity index (χ0n) is 17.6. The largest absolute Gasteiger partial charge is 0.474 e. The maximum absolute atomic E-state index is 11.1. The van der Waals surface area contributed by atoms with Crippen molar-refractivity contribution in [3.63, 3.8) is 0 Å². The SMILES string of the molecule is Cc1c(Oc2ccc(CC3COS(=O)OC3)cc2)ncnc1OC1CCN(C(=O)O)CC1. The summed E-state index contributed by atoms with van der Waals surface area (Å²) in [6.45, 7) is 3.53. The number of benzene rings is 1. The maximum atomic E-state index is 11.1. The third kappa shape index (κ3) is 5.72. The van der Waals surface area contributed by atoms with Crippen LogP contribution in [0.2, 0.25) is 0 Å². The monoisotopic (exact) mass is 463 g/mol. The Morgan fingerprint density at radius 1 is 1.16 bits per heavy atom. The quantitative estimate of drug-likeness (QED) is 0.689. The van der Waals surface area contributed by atoms with E-state index >= 15 is 0 Å². The number of carbonyl (C=O) groups is 1. The van der Waals surface area contributed by atoms with Crippen molar-refractivity contribution in [2.45, 2.75) is 32.3 Å².